The van der Waals surface area contributed by atoms with Gasteiger partial charge in [-0.05, 0) is 35.9 Å². The Bertz CT molecular complexity index is 938. The van der Waals surface area contributed by atoms with E-state index in [0.717, 1.165) is 10.2 Å². The van der Waals surface area contributed by atoms with Gasteiger partial charge < -0.3 is 14.2 Å². The first-order valence-electron chi connectivity index (χ1n) is 7.87. The molecule has 0 bridgehead atoms. The molecule has 0 N–H and O–H groups in total. The van der Waals surface area contributed by atoms with Crippen LogP contribution in [0.25, 0.3) is 16.3 Å². The van der Waals surface area contributed by atoms with Gasteiger partial charge in [0, 0.05) is 6.08 Å². The number of alkyl halides is 2. The van der Waals surface area contributed by atoms with Crippen LogP contribution in [0.1, 0.15) is 10.6 Å². The Balaban J connectivity index is 1.59. The number of esters is 1. The minimum atomic E-state index is -2.95. The van der Waals surface area contributed by atoms with Crippen molar-refractivity contribution in [3.05, 3.63) is 59.1 Å². The van der Waals surface area contributed by atoms with E-state index in [2.05, 4.69) is 9.72 Å². The highest BCUT2D eigenvalue weighted by Crippen LogP contribution is 2.29. The number of carbonyl (C=O) groups excluding carboxylic acids is 1. The van der Waals surface area contributed by atoms with Gasteiger partial charge in [-0.2, -0.15) is 8.78 Å². The molecule has 0 atom stereocenters. The van der Waals surface area contributed by atoms with E-state index in [0.29, 0.717) is 10.6 Å². The van der Waals surface area contributed by atoms with Crippen molar-refractivity contribution in [3.8, 4) is 11.5 Å². The minimum absolute atomic E-state index is 0.0334. The summed E-state index contributed by atoms with van der Waals surface area (Å²) in [4.78, 5) is 16.3. The van der Waals surface area contributed by atoms with Crippen LogP contribution in [0.5, 0.6) is 11.5 Å². The van der Waals surface area contributed by atoms with E-state index in [4.69, 9.17) is 9.47 Å². The van der Waals surface area contributed by atoms with E-state index >= 15 is 0 Å². The lowest BCUT2D eigenvalue weighted by Gasteiger charge is -2.11. The molecular formula is C19H15F2NO4S. The lowest BCUT2D eigenvalue weighted by atomic mass is 10.2. The Kier molecular flexibility index (Phi) is 5.97. The lowest BCUT2D eigenvalue weighted by molar-refractivity contribution is -0.138. The Morgan fingerprint density at radius 3 is 2.78 bits per heavy atom. The fourth-order valence-corrected chi connectivity index (χ4v) is 3.17. The van der Waals surface area contributed by atoms with Gasteiger partial charge in [-0.3, -0.25) is 0 Å². The van der Waals surface area contributed by atoms with Crippen LogP contribution in [0, 0.1) is 0 Å². The second-order valence-electron chi connectivity index (χ2n) is 5.32. The number of benzene rings is 2. The predicted molar refractivity (Wildman–Crippen MR) is 98.1 cm³/mol. The highest BCUT2D eigenvalue weighted by atomic mass is 32.1. The Morgan fingerprint density at radius 2 is 2.04 bits per heavy atom. The number of hydrogen-bond acceptors (Lipinski definition) is 6. The minimum Gasteiger partial charge on any atom is -0.493 e. The maximum absolute atomic E-state index is 12.3. The van der Waals surface area contributed by atoms with E-state index in [9.17, 15) is 13.6 Å². The second-order valence-corrected chi connectivity index (χ2v) is 6.39. The summed E-state index contributed by atoms with van der Waals surface area (Å²) in [6.07, 6.45) is 2.89. The number of nitrogens with zero attached hydrogens (tertiary/aromatic N) is 1. The fraction of sp³-hybridized carbons (Fsp3) is 0.158. The van der Waals surface area contributed by atoms with E-state index in [1.54, 1.807) is 6.08 Å². The van der Waals surface area contributed by atoms with Gasteiger partial charge in [-0.15, -0.1) is 11.3 Å². The molecule has 0 saturated carbocycles. The van der Waals surface area contributed by atoms with Crippen molar-refractivity contribution in [2.45, 2.75) is 13.2 Å². The summed E-state index contributed by atoms with van der Waals surface area (Å²) >= 11 is 1.47. The number of halogens is 2. The number of methoxy groups -OCH3 is 1. The smallest absolute Gasteiger partial charge is 0.387 e. The molecule has 1 aromatic heterocycles. The molecule has 0 aliphatic heterocycles. The molecule has 0 radical (unpaired) electrons. The summed E-state index contributed by atoms with van der Waals surface area (Å²) in [5.41, 5.74) is 1.45. The molecule has 0 unspecified atom stereocenters. The van der Waals surface area contributed by atoms with E-state index in [-0.39, 0.29) is 18.1 Å². The first-order chi connectivity index (χ1) is 13.0. The number of aromatic nitrogens is 1. The van der Waals surface area contributed by atoms with Crippen molar-refractivity contribution in [1.29, 1.82) is 0 Å². The first-order valence-corrected chi connectivity index (χ1v) is 8.69. The molecule has 8 heteroatoms. The first kappa shape index (κ1) is 18.8. The summed E-state index contributed by atoms with van der Waals surface area (Å²) in [7, 11) is 1.34. The van der Waals surface area contributed by atoms with Gasteiger partial charge in [0.1, 0.15) is 11.6 Å². The highest BCUT2D eigenvalue weighted by molar-refractivity contribution is 7.19. The van der Waals surface area contributed by atoms with Crippen molar-refractivity contribution in [2.24, 2.45) is 0 Å². The van der Waals surface area contributed by atoms with Crippen molar-refractivity contribution in [1.82, 2.24) is 4.98 Å². The average Bonchev–Trinajstić information content (AvgIpc) is 3.08. The van der Waals surface area contributed by atoms with Crippen LogP contribution in [0.4, 0.5) is 8.78 Å². The number of hydrogen-bond donors (Lipinski definition) is 0. The number of ether oxygens (including phenoxy) is 3. The van der Waals surface area contributed by atoms with Gasteiger partial charge in [0.2, 0.25) is 0 Å². The maximum Gasteiger partial charge on any atom is 0.387 e. The zero-order valence-electron chi connectivity index (χ0n) is 14.2. The predicted octanol–water partition coefficient (Wildman–Crippen LogP) is 4.66. The normalized spacial score (nSPS) is 11.3. The van der Waals surface area contributed by atoms with Crippen molar-refractivity contribution in [3.63, 3.8) is 0 Å². The zero-order valence-corrected chi connectivity index (χ0v) is 15.0. The molecule has 0 fully saturated rings. The van der Waals surface area contributed by atoms with Gasteiger partial charge in [0.25, 0.3) is 0 Å². The molecule has 3 rings (SSSR count). The van der Waals surface area contributed by atoms with Crippen LogP contribution in [-0.2, 0) is 16.1 Å². The van der Waals surface area contributed by atoms with E-state index < -0.39 is 12.6 Å². The van der Waals surface area contributed by atoms with Gasteiger partial charge in [-0.1, -0.05) is 18.2 Å². The van der Waals surface area contributed by atoms with Crippen LogP contribution in [0.3, 0.4) is 0 Å². The fourth-order valence-electron chi connectivity index (χ4n) is 2.30. The lowest BCUT2D eigenvalue weighted by Crippen LogP contribution is -2.05. The highest BCUT2D eigenvalue weighted by Gasteiger charge is 2.11. The van der Waals surface area contributed by atoms with Gasteiger partial charge in [0.15, 0.2) is 11.5 Å². The molecule has 3 aromatic rings. The molecule has 2 aromatic carbocycles. The molecule has 0 aliphatic rings. The van der Waals surface area contributed by atoms with Crippen LogP contribution in [0.15, 0.2) is 48.5 Å². The maximum atomic E-state index is 12.3. The summed E-state index contributed by atoms with van der Waals surface area (Å²) in [5, 5.41) is 0.698. The quantitative estimate of drug-likeness (QED) is 0.433. The molecule has 140 valence electrons. The Hall–Kier alpha value is -3.00. The van der Waals surface area contributed by atoms with E-state index in [1.165, 1.54) is 42.7 Å². The number of rotatable bonds is 7. The van der Waals surface area contributed by atoms with Gasteiger partial charge >= 0.3 is 12.6 Å². The molecule has 0 spiro atoms. The third kappa shape index (κ3) is 5.01. The third-order valence-corrected chi connectivity index (χ3v) is 4.50. The molecular weight excluding hydrogens is 376 g/mol. The number of fused-ring (bicyclic) bond motifs is 1. The third-order valence-electron chi connectivity index (χ3n) is 3.50. The van der Waals surface area contributed by atoms with Crippen LogP contribution >= 0.6 is 11.3 Å². The van der Waals surface area contributed by atoms with Gasteiger partial charge in [-0.25, -0.2) is 9.78 Å². The van der Waals surface area contributed by atoms with Crippen molar-refractivity contribution < 1.29 is 27.8 Å². The number of para-hydroxylation sites is 1. The monoisotopic (exact) mass is 391 g/mol. The summed E-state index contributed by atoms with van der Waals surface area (Å²) in [5.74, 6) is -0.492. The molecule has 0 amide bonds. The number of thiazole rings is 1. The van der Waals surface area contributed by atoms with Crippen molar-refractivity contribution >= 4 is 33.6 Å². The largest absolute Gasteiger partial charge is 0.493 e. The average molecular weight is 391 g/mol. The Morgan fingerprint density at radius 1 is 1.22 bits per heavy atom. The summed E-state index contributed by atoms with van der Waals surface area (Å²) in [6.45, 7) is -2.98. The molecule has 1 heterocycles. The van der Waals surface area contributed by atoms with Crippen LogP contribution < -0.4 is 9.47 Å². The summed E-state index contributed by atoms with van der Waals surface area (Å²) in [6, 6.07) is 12.0. The van der Waals surface area contributed by atoms with Crippen molar-refractivity contribution in [2.75, 3.05) is 7.11 Å². The molecule has 0 aliphatic carbocycles. The Labute approximate surface area is 157 Å². The molecule has 5 nitrogen and oxygen atoms in total. The van der Waals surface area contributed by atoms with Gasteiger partial charge in [0.05, 0.1) is 17.3 Å². The zero-order chi connectivity index (χ0) is 19.2. The number of carbonyl (C=O) groups is 1. The van der Waals surface area contributed by atoms with Crippen LogP contribution in [0.2, 0.25) is 0 Å². The molecule has 0 saturated heterocycles. The topological polar surface area (TPSA) is 57.7 Å². The second kappa shape index (κ2) is 8.59. The molecule has 27 heavy (non-hydrogen) atoms. The van der Waals surface area contributed by atoms with Crippen LogP contribution in [-0.4, -0.2) is 24.7 Å². The standard InChI is InChI=1S/C19H15F2NO4S/c1-24-15-10-12(6-7-14(15)26-19(20)21)11-25-18(23)9-8-17-22-13-4-2-3-5-16(13)27-17/h2-10,19H,11H2,1H3. The SMILES string of the molecule is COc1cc(COC(=O)C=Cc2nc3ccccc3s2)ccc1OC(F)F. The summed E-state index contributed by atoms with van der Waals surface area (Å²) < 4.78 is 40.2. The van der Waals surface area contributed by atoms with E-state index in [1.807, 2.05) is 24.3 Å².